The summed E-state index contributed by atoms with van der Waals surface area (Å²) in [6.07, 6.45) is 2.86. The van der Waals surface area contributed by atoms with Crippen molar-refractivity contribution in [3.63, 3.8) is 0 Å². The number of benzene rings is 4. The fourth-order valence-corrected chi connectivity index (χ4v) is 8.76. The number of amides is 2. The zero-order valence-corrected chi connectivity index (χ0v) is 40.3. The maximum Gasteiger partial charge on any atom is 1.00 e. The van der Waals surface area contributed by atoms with Gasteiger partial charge in [0.15, 0.2) is 0 Å². The van der Waals surface area contributed by atoms with Crippen LogP contribution in [0, 0.1) is 5.92 Å². The minimum atomic E-state index is -4.02. The maximum atomic E-state index is 13.8. The number of carboxylic acids is 2. The molecule has 0 unspecified atom stereocenters. The Labute approximate surface area is 420 Å². The number of nitrogens with one attached hydrogen (secondary N) is 2. The number of rotatable bonds is 16. The topological polar surface area (TPSA) is 179 Å². The van der Waals surface area contributed by atoms with E-state index in [9.17, 15) is 37.8 Å². The molecule has 0 aliphatic heterocycles. The summed E-state index contributed by atoms with van der Waals surface area (Å²) in [6, 6.07) is 24.5. The van der Waals surface area contributed by atoms with Crippen molar-refractivity contribution >= 4 is 50.8 Å². The second kappa shape index (κ2) is 22.9. The molecule has 290 valence electrons. The smallest absolute Gasteiger partial charge is 0.550 e. The van der Waals surface area contributed by atoms with Gasteiger partial charge in [-0.1, -0.05) is 49.4 Å². The van der Waals surface area contributed by atoms with Crippen LogP contribution >= 0.6 is 0 Å². The Morgan fingerprint density at radius 2 is 1.28 bits per heavy atom. The molecule has 1 aliphatic rings. The van der Waals surface area contributed by atoms with Gasteiger partial charge >= 0.3 is 103 Å². The van der Waals surface area contributed by atoms with Crippen LogP contribution in [0.1, 0.15) is 88.7 Å². The Kier molecular flexibility index (Phi) is 19.8. The van der Waals surface area contributed by atoms with Crippen molar-refractivity contribution in [2.24, 2.45) is 5.92 Å². The van der Waals surface area contributed by atoms with Gasteiger partial charge in [0.25, 0.3) is 11.8 Å². The molecule has 0 aromatic heterocycles. The average molecular weight is 845 g/mol. The number of aliphatic carboxylic acids is 1. The van der Waals surface area contributed by atoms with E-state index in [1.165, 1.54) is 40.7 Å². The molecule has 57 heavy (non-hydrogen) atoms. The number of aryl methyl sites for hydroxylation is 2. The first-order chi connectivity index (χ1) is 26.3. The zero-order valence-electron chi connectivity index (χ0n) is 33.2. The third-order valence-electron chi connectivity index (χ3n) is 10.2. The number of aromatic carboxylic acids is 1. The molecule has 0 spiro atoms. The summed E-state index contributed by atoms with van der Waals surface area (Å²) in [7, 11) is -4.02. The SMILES string of the molecule is CCN(CC)c1ccc(NC(=O)c2cccc(S(=O)(=O)N(CC)[C@H]3CC[C@H](C(=O)[O-])CC3)c2)c(C(=O)Nc2ccc(CCc3ccc(C(=O)[O-])cc3)cc2)c1.[K+].[K+]. The van der Waals surface area contributed by atoms with Crippen molar-refractivity contribution in [1.29, 1.82) is 0 Å². The second-order valence-electron chi connectivity index (χ2n) is 13.6. The summed E-state index contributed by atoms with van der Waals surface area (Å²) in [5.41, 5.74) is 4.01. The zero-order chi connectivity index (χ0) is 39.7. The maximum absolute atomic E-state index is 13.8. The van der Waals surface area contributed by atoms with Gasteiger partial charge in [-0.2, -0.15) is 4.31 Å². The van der Waals surface area contributed by atoms with Gasteiger partial charge in [-0.05, 0) is 124 Å². The van der Waals surface area contributed by atoms with Gasteiger partial charge in [-0.25, -0.2) is 8.42 Å². The number of anilines is 3. The normalized spacial score (nSPS) is 15.1. The van der Waals surface area contributed by atoms with Crippen LogP contribution in [0.25, 0.3) is 0 Å². The quantitative estimate of drug-likeness (QED) is 0.127. The summed E-state index contributed by atoms with van der Waals surface area (Å²) in [5, 5.41) is 28.1. The van der Waals surface area contributed by atoms with Crippen LogP contribution in [0.3, 0.4) is 0 Å². The van der Waals surface area contributed by atoms with Gasteiger partial charge in [-0.3, -0.25) is 9.59 Å². The van der Waals surface area contributed by atoms with Crippen LogP contribution in [-0.2, 0) is 27.7 Å². The van der Waals surface area contributed by atoms with Crippen molar-refractivity contribution in [1.82, 2.24) is 4.31 Å². The van der Waals surface area contributed by atoms with E-state index >= 15 is 0 Å². The van der Waals surface area contributed by atoms with Crippen LogP contribution < -0.4 is 129 Å². The predicted molar refractivity (Wildman–Crippen MR) is 207 cm³/mol. The molecule has 4 aromatic rings. The number of carbonyl (C=O) groups is 4. The Hall–Kier alpha value is -2.26. The monoisotopic (exact) mass is 844 g/mol. The van der Waals surface area contributed by atoms with Crippen LogP contribution in [-0.4, -0.2) is 62.2 Å². The van der Waals surface area contributed by atoms with E-state index in [-0.39, 0.29) is 143 Å². The van der Waals surface area contributed by atoms with Gasteiger partial charge in [0.2, 0.25) is 10.0 Å². The first kappa shape index (κ1) is 49.1. The largest absolute Gasteiger partial charge is 1.00 e. The Morgan fingerprint density at radius 1 is 0.684 bits per heavy atom. The van der Waals surface area contributed by atoms with E-state index in [1.54, 1.807) is 43.3 Å². The third kappa shape index (κ3) is 12.9. The molecular formula is C42H46K2N4O8S. The molecule has 0 saturated heterocycles. The summed E-state index contributed by atoms with van der Waals surface area (Å²) < 4.78 is 29.0. The number of sulfonamides is 1. The third-order valence-corrected chi connectivity index (χ3v) is 12.2. The molecule has 0 heterocycles. The predicted octanol–water partition coefficient (Wildman–Crippen LogP) is -1.49. The summed E-state index contributed by atoms with van der Waals surface area (Å²) >= 11 is 0. The first-order valence-corrected chi connectivity index (χ1v) is 20.0. The van der Waals surface area contributed by atoms with Gasteiger partial charge in [-0.15, -0.1) is 0 Å². The van der Waals surface area contributed by atoms with E-state index in [4.69, 9.17) is 0 Å². The summed E-state index contributed by atoms with van der Waals surface area (Å²) in [4.78, 5) is 51.9. The van der Waals surface area contributed by atoms with Crippen LogP contribution in [0.4, 0.5) is 17.1 Å². The van der Waals surface area contributed by atoms with Gasteiger partial charge in [0, 0.05) is 48.6 Å². The van der Waals surface area contributed by atoms with E-state index in [2.05, 4.69) is 15.5 Å². The summed E-state index contributed by atoms with van der Waals surface area (Å²) in [6.45, 7) is 7.31. The molecule has 5 rings (SSSR count). The van der Waals surface area contributed by atoms with Gasteiger partial charge in [0.1, 0.15) is 0 Å². The molecule has 4 aromatic carbocycles. The van der Waals surface area contributed by atoms with E-state index in [0.717, 1.165) is 16.8 Å². The molecule has 2 amide bonds. The Bertz CT molecular complexity index is 2120. The number of carbonyl (C=O) groups excluding carboxylic acids is 4. The van der Waals surface area contributed by atoms with Crippen molar-refractivity contribution in [2.45, 2.75) is 70.2 Å². The summed E-state index contributed by atoms with van der Waals surface area (Å²) in [5.74, 6) is -3.97. The molecule has 0 bridgehead atoms. The van der Waals surface area contributed by atoms with Crippen LogP contribution in [0.2, 0.25) is 0 Å². The second-order valence-corrected chi connectivity index (χ2v) is 15.4. The number of nitrogens with zero attached hydrogens (tertiary/aromatic N) is 2. The first-order valence-electron chi connectivity index (χ1n) is 18.6. The van der Waals surface area contributed by atoms with Crippen molar-refractivity contribution in [3.8, 4) is 0 Å². The van der Waals surface area contributed by atoms with Crippen molar-refractivity contribution < 1.29 is 141 Å². The minimum Gasteiger partial charge on any atom is -0.550 e. The standard InChI is InChI=1S/C42H48N4O8S.2K/c1-4-45(5-2)35-24-25-38(37(27-35)40(48)43-33-20-14-29(15-21-33)11-10-28-12-16-30(17-13-28)41(49)50)44-39(47)32-8-7-9-36(26-32)55(53,54)46(6-3)34-22-18-31(19-23-34)42(51)52;;/h7-9,12-17,20-21,24-27,31,34H,4-6,10-11,18-19,22-23H2,1-3H3,(H,43,48)(H,44,47)(H,49,50)(H,51,52);;/q;2*+1/p-2/t31-,34-;;. The molecule has 2 N–H and O–H groups in total. The van der Waals surface area contributed by atoms with Crippen LogP contribution in [0.5, 0.6) is 0 Å². The molecule has 0 atom stereocenters. The molecule has 1 saturated carbocycles. The van der Waals surface area contributed by atoms with Gasteiger partial charge < -0.3 is 35.3 Å². The van der Waals surface area contributed by atoms with E-state index < -0.39 is 39.7 Å². The molecule has 0 radical (unpaired) electrons. The van der Waals surface area contributed by atoms with Gasteiger partial charge in [0.05, 0.1) is 22.1 Å². The Balaban J connectivity index is 0.00000435. The van der Waals surface area contributed by atoms with Crippen molar-refractivity contribution in [3.05, 3.63) is 119 Å². The van der Waals surface area contributed by atoms with E-state index in [1.807, 2.05) is 32.0 Å². The molecule has 15 heteroatoms. The average Bonchev–Trinajstić information content (AvgIpc) is 3.19. The van der Waals surface area contributed by atoms with E-state index in [0.29, 0.717) is 57.3 Å². The molecule has 1 aliphatic carbocycles. The fourth-order valence-electron chi connectivity index (χ4n) is 7.02. The minimum absolute atomic E-state index is 0. The molecular weight excluding hydrogens is 799 g/mol. The number of hydrogen-bond acceptors (Lipinski definition) is 9. The van der Waals surface area contributed by atoms with Crippen LogP contribution in [0.15, 0.2) is 95.9 Å². The number of carboxylic acid groups (broad SMARTS) is 2. The Morgan fingerprint density at radius 3 is 1.82 bits per heavy atom. The molecule has 1 fully saturated rings. The molecule has 12 nitrogen and oxygen atoms in total. The van der Waals surface area contributed by atoms with Crippen molar-refractivity contribution in [2.75, 3.05) is 35.2 Å². The fraction of sp³-hybridized carbons (Fsp3) is 0.333. The number of hydrogen-bond donors (Lipinski definition) is 2.